The molecule has 0 atom stereocenters. The van der Waals surface area contributed by atoms with Crippen molar-refractivity contribution in [2.45, 2.75) is 31.2 Å². The smallest absolute Gasteiger partial charge is 0.0895 e. The molecule has 3 rings (SSSR count). The summed E-state index contributed by atoms with van der Waals surface area (Å²) in [5, 5.41) is 0. The first kappa shape index (κ1) is 10.8. The Labute approximate surface area is 102 Å². The lowest BCUT2D eigenvalue weighted by Gasteiger charge is -2.14. The first-order valence-electron chi connectivity index (χ1n) is 6.40. The van der Waals surface area contributed by atoms with Crippen LogP contribution in [0.25, 0.3) is 0 Å². The summed E-state index contributed by atoms with van der Waals surface area (Å²) >= 11 is 0. The molecule has 3 nitrogen and oxygen atoms in total. The van der Waals surface area contributed by atoms with Crippen molar-refractivity contribution in [2.24, 2.45) is 10.7 Å². The molecule has 1 aromatic carbocycles. The standard InChI is InChI=1S/C14H19N3/c15-14(7-8-14)6-5-12-1-3-13(4-2-12)17-10-9-16-11-17/h1-4,11H,5-10,15H2. The normalized spacial score (nSPS) is 20.9. The number of aliphatic imine (C=N–C) groups is 1. The highest BCUT2D eigenvalue weighted by atomic mass is 15.2. The van der Waals surface area contributed by atoms with Gasteiger partial charge >= 0.3 is 0 Å². The Morgan fingerprint density at radius 2 is 2.00 bits per heavy atom. The molecule has 0 radical (unpaired) electrons. The maximum absolute atomic E-state index is 6.10. The molecule has 0 bridgehead atoms. The van der Waals surface area contributed by atoms with Crippen LogP contribution in [0, 0.1) is 0 Å². The first-order valence-corrected chi connectivity index (χ1v) is 6.40. The van der Waals surface area contributed by atoms with Crippen molar-refractivity contribution in [1.82, 2.24) is 0 Å². The molecule has 1 aliphatic heterocycles. The lowest BCUT2D eigenvalue weighted by Crippen LogP contribution is -2.22. The summed E-state index contributed by atoms with van der Waals surface area (Å²) in [6, 6.07) is 8.80. The second-order valence-corrected chi connectivity index (χ2v) is 5.24. The fraction of sp³-hybridized carbons (Fsp3) is 0.500. The zero-order valence-corrected chi connectivity index (χ0v) is 10.1. The molecule has 0 unspecified atom stereocenters. The molecule has 0 spiro atoms. The molecule has 0 saturated heterocycles. The number of nitrogens with two attached hydrogens (primary N) is 1. The van der Waals surface area contributed by atoms with Gasteiger partial charge in [-0.2, -0.15) is 0 Å². The summed E-state index contributed by atoms with van der Waals surface area (Å²) in [5.41, 5.74) is 8.90. The Kier molecular flexibility index (Phi) is 2.63. The van der Waals surface area contributed by atoms with Gasteiger partial charge in [-0.3, -0.25) is 4.99 Å². The minimum Gasteiger partial charge on any atom is -0.331 e. The largest absolute Gasteiger partial charge is 0.331 e. The topological polar surface area (TPSA) is 41.6 Å². The van der Waals surface area contributed by atoms with Gasteiger partial charge in [-0.15, -0.1) is 0 Å². The van der Waals surface area contributed by atoms with Gasteiger partial charge in [0.05, 0.1) is 12.9 Å². The van der Waals surface area contributed by atoms with Crippen LogP contribution in [0.15, 0.2) is 29.3 Å². The predicted molar refractivity (Wildman–Crippen MR) is 71.6 cm³/mol. The highest BCUT2D eigenvalue weighted by Gasteiger charge is 2.37. The Balaban J connectivity index is 1.61. The molecular formula is C14H19N3. The zero-order chi connectivity index (χ0) is 11.7. The number of hydrogen-bond acceptors (Lipinski definition) is 3. The van der Waals surface area contributed by atoms with E-state index < -0.39 is 0 Å². The van der Waals surface area contributed by atoms with E-state index in [9.17, 15) is 0 Å². The quantitative estimate of drug-likeness (QED) is 0.857. The van der Waals surface area contributed by atoms with Crippen molar-refractivity contribution < 1.29 is 0 Å². The van der Waals surface area contributed by atoms with Gasteiger partial charge in [-0.05, 0) is 43.4 Å². The van der Waals surface area contributed by atoms with E-state index in [0.29, 0.717) is 0 Å². The summed E-state index contributed by atoms with van der Waals surface area (Å²) < 4.78 is 0. The maximum Gasteiger partial charge on any atom is 0.0895 e. The molecule has 1 aromatic rings. The van der Waals surface area contributed by atoms with Gasteiger partial charge in [0.1, 0.15) is 0 Å². The lowest BCUT2D eigenvalue weighted by atomic mass is 10.0. The zero-order valence-electron chi connectivity index (χ0n) is 10.1. The van der Waals surface area contributed by atoms with Gasteiger partial charge in [-0.1, -0.05) is 12.1 Å². The van der Waals surface area contributed by atoms with E-state index in [1.165, 1.54) is 24.1 Å². The summed E-state index contributed by atoms with van der Waals surface area (Å²) in [4.78, 5) is 6.41. The van der Waals surface area contributed by atoms with Gasteiger partial charge in [0, 0.05) is 17.8 Å². The fourth-order valence-corrected chi connectivity index (χ4v) is 2.23. The Hall–Kier alpha value is -1.35. The van der Waals surface area contributed by atoms with Gasteiger partial charge in [-0.25, -0.2) is 0 Å². The summed E-state index contributed by atoms with van der Waals surface area (Å²) in [5.74, 6) is 0. The second-order valence-electron chi connectivity index (χ2n) is 5.24. The molecular weight excluding hydrogens is 210 g/mol. The van der Waals surface area contributed by atoms with Crippen molar-refractivity contribution in [3.63, 3.8) is 0 Å². The minimum atomic E-state index is 0.167. The maximum atomic E-state index is 6.10. The highest BCUT2D eigenvalue weighted by molar-refractivity contribution is 5.80. The van der Waals surface area contributed by atoms with Crippen molar-refractivity contribution in [1.29, 1.82) is 0 Å². The lowest BCUT2D eigenvalue weighted by molar-refractivity contribution is 0.609. The summed E-state index contributed by atoms with van der Waals surface area (Å²) in [7, 11) is 0. The third kappa shape index (κ3) is 2.50. The summed E-state index contributed by atoms with van der Waals surface area (Å²) in [6.07, 6.45) is 6.56. The molecule has 1 aliphatic carbocycles. The van der Waals surface area contributed by atoms with Crippen LogP contribution in [-0.2, 0) is 6.42 Å². The Bertz CT molecular complexity index is 418. The van der Waals surface area contributed by atoms with Crippen molar-refractivity contribution in [2.75, 3.05) is 18.0 Å². The van der Waals surface area contributed by atoms with Crippen molar-refractivity contribution >= 4 is 12.0 Å². The number of anilines is 1. The molecule has 1 fully saturated rings. The number of aryl methyl sites for hydroxylation is 1. The third-order valence-corrected chi connectivity index (χ3v) is 3.76. The number of rotatable bonds is 4. The number of nitrogens with zero attached hydrogens (tertiary/aromatic N) is 2. The van der Waals surface area contributed by atoms with E-state index in [-0.39, 0.29) is 5.54 Å². The van der Waals surface area contributed by atoms with Crippen LogP contribution < -0.4 is 10.6 Å². The van der Waals surface area contributed by atoms with E-state index in [1.807, 2.05) is 6.34 Å². The monoisotopic (exact) mass is 229 g/mol. The molecule has 3 heteroatoms. The van der Waals surface area contributed by atoms with Gasteiger partial charge in [0.25, 0.3) is 0 Å². The average molecular weight is 229 g/mol. The van der Waals surface area contributed by atoms with E-state index in [1.54, 1.807) is 0 Å². The molecule has 0 aromatic heterocycles. The predicted octanol–water partition coefficient (Wildman–Crippen LogP) is 1.96. The molecule has 2 aliphatic rings. The van der Waals surface area contributed by atoms with Crippen LogP contribution in [-0.4, -0.2) is 25.0 Å². The van der Waals surface area contributed by atoms with Crippen molar-refractivity contribution in [3.8, 4) is 0 Å². The van der Waals surface area contributed by atoms with Crippen molar-refractivity contribution in [3.05, 3.63) is 29.8 Å². The molecule has 90 valence electrons. The van der Waals surface area contributed by atoms with Gasteiger partial charge in [0.2, 0.25) is 0 Å². The fourth-order valence-electron chi connectivity index (χ4n) is 2.23. The Morgan fingerprint density at radius 3 is 2.59 bits per heavy atom. The number of hydrogen-bond donors (Lipinski definition) is 1. The molecule has 2 N–H and O–H groups in total. The van der Waals surface area contributed by atoms with Crippen LogP contribution >= 0.6 is 0 Å². The molecule has 0 amide bonds. The van der Waals surface area contributed by atoms with E-state index >= 15 is 0 Å². The van der Waals surface area contributed by atoms with E-state index in [0.717, 1.165) is 25.9 Å². The van der Waals surface area contributed by atoms with Gasteiger partial charge in [0.15, 0.2) is 0 Å². The summed E-state index contributed by atoms with van der Waals surface area (Å²) in [6.45, 7) is 1.92. The number of benzene rings is 1. The van der Waals surface area contributed by atoms with Crippen LogP contribution in [0.4, 0.5) is 5.69 Å². The van der Waals surface area contributed by atoms with Crippen LogP contribution in [0.1, 0.15) is 24.8 Å². The molecule has 17 heavy (non-hydrogen) atoms. The third-order valence-electron chi connectivity index (χ3n) is 3.76. The Morgan fingerprint density at radius 1 is 1.24 bits per heavy atom. The average Bonchev–Trinajstić information content (AvgIpc) is 2.89. The second kappa shape index (κ2) is 4.15. The van der Waals surface area contributed by atoms with E-state index in [4.69, 9.17) is 5.73 Å². The van der Waals surface area contributed by atoms with E-state index in [2.05, 4.69) is 34.2 Å². The first-order chi connectivity index (χ1) is 8.25. The molecule has 1 heterocycles. The highest BCUT2D eigenvalue weighted by Crippen LogP contribution is 2.36. The van der Waals surface area contributed by atoms with Gasteiger partial charge < -0.3 is 10.6 Å². The molecule has 1 saturated carbocycles. The SMILES string of the molecule is NC1(CCc2ccc(N3C=NCC3)cc2)CC1. The van der Waals surface area contributed by atoms with Crippen LogP contribution in [0.2, 0.25) is 0 Å². The van der Waals surface area contributed by atoms with Crippen LogP contribution in [0.5, 0.6) is 0 Å². The van der Waals surface area contributed by atoms with Crippen LogP contribution in [0.3, 0.4) is 0 Å². The minimum absolute atomic E-state index is 0.167.